The minimum absolute atomic E-state index is 0. The Labute approximate surface area is 157 Å². The van der Waals surface area contributed by atoms with Crippen LogP contribution in [-0.4, -0.2) is 41.9 Å². The lowest BCUT2D eigenvalue weighted by atomic mass is 9.84. The van der Waals surface area contributed by atoms with Crippen LogP contribution in [0.2, 0.25) is 0 Å². The van der Waals surface area contributed by atoms with Crippen molar-refractivity contribution in [3.05, 3.63) is 0 Å². The molecule has 3 N–H and O–H groups in total. The van der Waals surface area contributed by atoms with Crippen LogP contribution in [0.25, 0.3) is 0 Å². The highest BCUT2D eigenvalue weighted by Gasteiger charge is 2.31. The smallest absolute Gasteiger partial charge is 0.225 e. The largest absolute Gasteiger partial charge is 0.353 e. The highest BCUT2D eigenvalue weighted by molar-refractivity contribution is 5.85. The number of nitrogens with zero attached hydrogens (tertiary/aromatic N) is 1. The van der Waals surface area contributed by atoms with Gasteiger partial charge >= 0.3 is 0 Å². The maximum Gasteiger partial charge on any atom is 0.225 e. The maximum atomic E-state index is 12.6. The second-order valence-corrected chi connectivity index (χ2v) is 8.13. The van der Waals surface area contributed by atoms with Gasteiger partial charge in [0.05, 0.1) is 0 Å². The molecule has 0 aromatic heterocycles. The molecule has 1 saturated heterocycles. The van der Waals surface area contributed by atoms with Gasteiger partial charge < -0.3 is 16.0 Å². The Morgan fingerprint density at radius 3 is 2.12 bits per heavy atom. The van der Waals surface area contributed by atoms with E-state index in [1.165, 1.54) is 25.7 Å². The number of halogens is 1. The van der Waals surface area contributed by atoms with Gasteiger partial charge in [0.25, 0.3) is 0 Å². The molecule has 0 atom stereocenters. The zero-order valence-electron chi connectivity index (χ0n) is 15.3. The third-order valence-corrected chi connectivity index (χ3v) is 6.24. The van der Waals surface area contributed by atoms with Crippen LogP contribution in [0.3, 0.4) is 0 Å². The van der Waals surface area contributed by atoms with Gasteiger partial charge in [-0.05, 0) is 57.3 Å². The molecule has 3 fully saturated rings. The highest BCUT2D eigenvalue weighted by atomic mass is 35.5. The second kappa shape index (κ2) is 9.77. The Morgan fingerprint density at radius 1 is 0.920 bits per heavy atom. The molecule has 1 heterocycles. The molecule has 25 heavy (non-hydrogen) atoms. The summed E-state index contributed by atoms with van der Waals surface area (Å²) in [6.45, 7) is 1.64. The van der Waals surface area contributed by atoms with Gasteiger partial charge in [-0.25, -0.2) is 0 Å². The summed E-state index contributed by atoms with van der Waals surface area (Å²) in [6, 6.07) is 0.539. The first-order valence-electron chi connectivity index (χ1n) is 9.95. The van der Waals surface area contributed by atoms with Crippen LogP contribution in [0.15, 0.2) is 0 Å². The number of amides is 2. The van der Waals surface area contributed by atoms with Gasteiger partial charge in [-0.2, -0.15) is 0 Å². The summed E-state index contributed by atoms with van der Waals surface area (Å²) < 4.78 is 0. The SMILES string of the molecule is Cl.NC1CCN(C(=O)C2CCC(NC(=O)CC3CCCC3)CC2)CC1. The van der Waals surface area contributed by atoms with Crippen LogP contribution in [0.1, 0.15) is 70.6 Å². The first-order valence-corrected chi connectivity index (χ1v) is 9.95. The molecule has 0 spiro atoms. The Morgan fingerprint density at radius 2 is 1.52 bits per heavy atom. The third kappa shape index (κ3) is 5.85. The van der Waals surface area contributed by atoms with Crippen LogP contribution in [0.5, 0.6) is 0 Å². The highest BCUT2D eigenvalue weighted by Crippen LogP contribution is 2.29. The summed E-state index contributed by atoms with van der Waals surface area (Å²) in [5.41, 5.74) is 5.92. The molecule has 3 aliphatic rings. The van der Waals surface area contributed by atoms with E-state index < -0.39 is 0 Å². The van der Waals surface area contributed by atoms with E-state index in [1.807, 2.05) is 4.90 Å². The van der Waals surface area contributed by atoms with Gasteiger partial charge in [0.15, 0.2) is 0 Å². The van der Waals surface area contributed by atoms with Crippen LogP contribution in [0.4, 0.5) is 0 Å². The first kappa shape index (κ1) is 20.5. The monoisotopic (exact) mass is 371 g/mol. The van der Waals surface area contributed by atoms with Gasteiger partial charge in [0.1, 0.15) is 0 Å². The van der Waals surface area contributed by atoms with Crippen molar-refractivity contribution in [2.45, 2.75) is 82.7 Å². The Bertz CT molecular complexity index is 438. The molecule has 2 aliphatic carbocycles. The van der Waals surface area contributed by atoms with Crippen LogP contribution < -0.4 is 11.1 Å². The van der Waals surface area contributed by atoms with E-state index in [1.54, 1.807) is 0 Å². The summed E-state index contributed by atoms with van der Waals surface area (Å²) >= 11 is 0. The molecule has 2 amide bonds. The van der Waals surface area contributed by atoms with Crippen molar-refractivity contribution >= 4 is 24.2 Å². The molecule has 0 aromatic rings. The summed E-state index contributed by atoms with van der Waals surface area (Å²) in [5, 5.41) is 3.21. The van der Waals surface area contributed by atoms with Crippen molar-refractivity contribution in [2.75, 3.05) is 13.1 Å². The topological polar surface area (TPSA) is 75.4 Å². The summed E-state index contributed by atoms with van der Waals surface area (Å²) in [6.07, 6.45) is 11.3. The molecular weight excluding hydrogens is 338 g/mol. The van der Waals surface area contributed by atoms with E-state index in [0.717, 1.165) is 51.6 Å². The molecule has 144 valence electrons. The number of likely N-dealkylation sites (tertiary alicyclic amines) is 1. The van der Waals surface area contributed by atoms with E-state index in [2.05, 4.69) is 5.32 Å². The lowest BCUT2D eigenvalue weighted by molar-refractivity contribution is -0.137. The van der Waals surface area contributed by atoms with Gasteiger partial charge in [-0.1, -0.05) is 12.8 Å². The molecule has 0 unspecified atom stereocenters. The van der Waals surface area contributed by atoms with Gasteiger partial charge in [-0.3, -0.25) is 9.59 Å². The molecule has 6 heteroatoms. The fourth-order valence-electron chi connectivity index (χ4n) is 4.63. The van der Waals surface area contributed by atoms with E-state index in [9.17, 15) is 9.59 Å². The number of piperidine rings is 1. The van der Waals surface area contributed by atoms with Gasteiger partial charge in [0.2, 0.25) is 11.8 Å². The quantitative estimate of drug-likeness (QED) is 0.797. The Hall–Kier alpha value is -0.810. The maximum absolute atomic E-state index is 12.6. The fourth-order valence-corrected chi connectivity index (χ4v) is 4.63. The Kier molecular flexibility index (Phi) is 8.01. The third-order valence-electron chi connectivity index (χ3n) is 6.24. The average Bonchev–Trinajstić information content (AvgIpc) is 3.08. The van der Waals surface area contributed by atoms with Crippen LogP contribution in [-0.2, 0) is 9.59 Å². The number of carbonyl (C=O) groups excluding carboxylic acids is 2. The summed E-state index contributed by atoms with van der Waals surface area (Å²) in [4.78, 5) is 26.8. The van der Waals surface area contributed by atoms with E-state index in [0.29, 0.717) is 18.2 Å². The number of nitrogens with two attached hydrogens (primary N) is 1. The molecule has 0 radical (unpaired) electrons. The molecule has 1 aliphatic heterocycles. The molecule has 2 saturated carbocycles. The van der Waals surface area contributed by atoms with Gasteiger partial charge in [-0.15, -0.1) is 12.4 Å². The molecule has 0 bridgehead atoms. The van der Waals surface area contributed by atoms with Crippen molar-refractivity contribution in [1.82, 2.24) is 10.2 Å². The number of rotatable bonds is 4. The molecule has 0 aromatic carbocycles. The Balaban J connectivity index is 0.00000225. The molecule has 5 nitrogen and oxygen atoms in total. The van der Waals surface area contributed by atoms with Crippen molar-refractivity contribution in [1.29, 1.82) is 0 Å². The summed E-state index contributed by atoms with van der Waals surface area (Å²) in [5.74, 6) is 1.30. The van der Waals surface area contributed by atoms with Crippen molar-refractivity contribution in [3.63, 3.8) is 0 Å². The zero-order chi connectivity index (χ0) is 16.9. The predicted octanol–water partition coefficient (Wildman–Crippen LogP) is 2.61. The second-order valence-electron chi connectivity index (χ2n) is 8.13. The predicted molar refractivity (Wildman–Crippen MR) is 102 cm³/mol. The average molecular weight is 372 g/mol. The molecule has 3 rings (SSSR count). The minimum Gasteiger partial charge on any atom is -0.353 e. The number of nitrogens with one attached hydrogen (secondary N) is 1. The van der Waals surface area contributed by atoms with Crippen molar-refractivity contribution < 1.29 is 9.59 Å². The zero-order valence-corrected chi connectivity index (χ0v) is 16.1. The standard InChI is InChI=1S/C19H33N3O2.ClH/c20-16-9-11-22(12-10-16)19(24)15-5-7-17(8-6-15)21-18(23)13-14-3-1-2-4-14;/h14-17H,1-13,20H2,(H,21,23);1H. The normalized spacial score (nSPS) is 28.4. The first-order chi connectivity index (χ1) is 11.6. The van der Waals surface area contributed by atoms with Gasteiger partial charge in [0, 0.05) is 37.5 Å². The van der Waals surface area contributed by atoms with E-state index in [4.69, 9.17) is 5.73 Å². The number of hydrogen-bond donors (Lipinski definition) is 2. The van der Waals surface area contributed by atoms with E-state index >= 15 is 0 Å². The van der Waals surface area contributed by atoms with Crippen LogP contribution in [0, 0.1) is 11.8 Å². The van der Waals surface area contributed by atoms with E-state index in [-0.39, 0.29) is 36.3 Å². The van der Waals surface area contributed by atoms with Crippen LogP contribution >= 0.6 is 12.4 Å². The number of carbonyl (C=O) groups is 2. The number of hydrogen-bond acceptors (Lipinski definition) is 3. The van der Waals surface area contributed by atoms with Crippen molar-refractivity contribution in [3.8, 4) is 0 Å². The van der Waals surface area contributed by atoms with Crippen molar-refractivity contribution in [2.24, 2.45) is 17.6 Å². The molecular formula is C19H34ClN3O2. The summed E-state index contributed by atoms with van der Waals surface area (Å²) in [7, 11) is 0. The fraction of sp³-hybridized carbons (Fsp3) is 0.895. The lowest BCUT2D eigenvalue weighted by Crippen LogP contribution is -2.47. The lowest BCUT2D eigenvalue weighted by Gasteiger charge is -2.35. The minimum atomic E-state index is 0.